The van der Waals surface area contributed by atoms with Gasteiger partial charge in [-0.15, -0.1) is 0 Å². The smallest absolute Gasteiger partial charge is 0.253 e. The second kappa shape index (κ2) is 6.14. The predicted molar refractivity (Wildman–Crippen MR) is 97.2 cm³/mol. The molecule has 8 heteroatoms. The van der Waals surface area contributed by atoms with Crippen molar-refractivity contribution >= 4 is 29.0 Å². The van der Waals surface area contributed by atoms with E-state index >= 15 is 0 Å². The number of carbonyl (C=O) groups is 2. The average molecular weight is 350 g/mol. The lowest BCUT2D eigenvalue weighted by molar-refractivity contribution is -0.116. The van der Waals surface area contributed by atoms with E-state index in [1.807, 2.05) is 35.9 Å². The first-order valence-electron chi connectivity index (χ1n) is 8.24. The van der Waals surface area contributed by atoms with Gasteiger partial charge in [-0.1, -0.05) is 6.07 Å². The van der Waals surface area contributed by atoms with Gasteiger partial charge >= 0.3 is 0 Å². The molecular weight excluding hydrogens is 332 g/mol. The summed E-state index contributed by atoms with van der Waals surface area (Å²) < 4.78 is 1.93. The lowest BCUT2D eigenvalue weighted by Crippen LogP contribution is -2.37. The average Bonchev–Trinajstić information content (AvgIpc) is 3.04. The first kappa shape index (κ1) is 16.1. The van der Waals surface area contributed by atoms with Gasteiger partial charge in [0.25, 0.3) is 5.91 Å². The highest BCUT2D eigenvalue weighted by Crippen LogP contribution is 2.26. The third kappa shape index (κ3) is 2.85. The molecule has 132 valence electrons. The van der Waals surface area contributed by atoms with Crippen LogP contribution in [0.3, 0.4) is 0 Å². The summed E-state index contributed by atoms with van der Waals surface area (Å²) in [5, 5.41) is 5.78. The van der Waals surface area contributed by atoms with Crippen LogP contribution in [0.4, 0.5) is 11.5 Å². The van der Waals surface area contributed by atoms with Crippen LogP contribution in [0.1, 0.15) is 21.6 Å². The Bertz CT molecular complexity index is 1030. The molecule has 0 atom stereocenters. The highest BCUT2D eigenvalue weighted by molar-refractivity contribution is 6.03. The molecule has 0 unspecified atom stereocenters. The number of imidazole rings is 1. The Hall–Kier alpha value is -3.42. The predicted octanol–water partition coefficient (Wildman–Crippen LogP) is 1.36. The van der Waals surface area contributed by atoms with Crippen LogP contribution in [-0.4, -0.2) is 39.8 Å². The van der Waals surface area contributed by atoms with Crippen LogP contribution in [0, 0.1) is 6.92 Å². The molecule has 4 rings (SSSR count). The van der Waals surface area contributed by atoms with Crippen LogP contribution in [0.5, 0.6) is 0 Å². The summed E-state index contributed by atoms with van der Waals surface area (Å²) in [6.07, 6.45) is 5.38. The molecule has 0 aliphatic carbocycles. The van der Waals surface area contributed by atoms with Crippen LogP contribution < -0.4 is 15.5 Å². The number of hydrogen-bond acceptors (Lipinski definition) is 5. The first-order valence-corrected chi connectivity index (χ1v) is 8.24. The van der Waals surface area contributed by atoms with E-state index in [-0.39, 0.29) is 18.4 Å². The standard InChI is InChI=1S/C18H18N6O2/c1-11-3-4-15-22-13(10-24(15)9-11)7-21-18(26)12-5-14-17(19-6-12)20-8-16(25)23(14)2/h3-6,9-10H,7-8H2,1-2H3,(H,19,20)(H,21,26). The van der Waals surface area contributed by atoms with E-state index in [1.54, 1.807) is 13.1 Å². The van der Waals surface area contributed by atoms with Gasteiger partial charge in [-0.25, -0.2) is 9.97 Å². The number of nitrogens with zero attached hydrogens (tertiary/aromatic N) is 4. The summed E-state index contributed by atoms with van der Waals surface area (Å²) >= 11 is 0. The molecule has 3 aromatic heterocycles. The zero-order valence-corrected chi connectivity index (χ0v) is 14.5. The van der Waals surface area contributed by atoms with Crippen LogP contribution in [0.15, 0.2) is 36.8 Å². The van der Waals surface area contributed by atoms with Gasteiger partial charge in [-0.3, -0.25) is 9.59 Å². The Kier molecular flexibility index (Phi) is 3.80. The molecule has 8 nitrogen and oxygen atoms in total. The summed E-state index contributed by atoms with van der Waals surface area (Å²) in [6, 6.07) is 5.60. The molecular formula is C18H18N6O2. The number of amides is 2. The summed E-state index contributed by atoms with van der Waals surface area (Å²) in [7, 11) is 1.67. The summed E-state index contributed by atoms with van der Waals surface area (Å²) in [6.45, 7) is 2.53. The van der Waals surface area contributed by atoms with Crippen LogP contribution in [0.2, 0.25) is 0 Å². The van der Waals surface area contributed by atoms with E-state index in [1.165, 1.54) is 11.1 Å². The molecule has 3 aromatic rings. The minimum Gasteiger partial charge on any atom is -0.359 e. The van der Waals surface area contributed by atoms with Crippen molar-refractivity contribution in [2.24, 2.45) is 0 Å². The molecule has 26 heavy (non-hydrogen) atoms. The Balaban J connectivity index is 1.50. The molecule has 0 aromatic carbocycles. The van der Waals surface area contributed by atoms with Gasteiger partial charge < -0.3 is 19.9 Å². The van der Waals surface area contributed by atoms with Crippen LogP contribution >= 0.6 is 0 Å². The molecule has 0 spiro atoms. The van der Waals surface area contributed by atoms with E-state index in [0.29, 0.717) is 23.6 Å². The summed E-state index contributed by atoms with van der Waals surface area (Å²) in [5.41, 5.74) is 3.73. The van der Waals surface area contributed by atoms with E-state index in [0.717, 1.165) is 16.9 Å². The Labute approximate surface area is 149 Å². The van der Waals surface area contributed by atoms with Crippen molar-refractivity contribution in [1.82, 2.24) is 19.7 Å². The van der Waals surface area contributed by atoms with E-state index < -0.39 is 0 Å². The largest absolute Gasteiger partial charge is 0.359 e. The number of fused-ring (bicyclic) bond motifs is 2. The first-order chi connectivity index (χ1) is 12.5. The SMILES string of the molecule is Cc1ccc2nc(CNC(=O)c3cnc4c(c3)N(C)C(=O)CN4)cn2c1. The Morgan fingerprint density at radius 1 is 1.35 bits per heavy atom. The lowest BCUT2D eigenvalue weighted by Gasteiger charge is -2.26. The molecule has 0 saturated carbocycles. The second-order valence-electron chi connectivity index (χ2n) is 6.28. The number of rotatable bonds is 3. The van der Waals surface area contributed by atoms with Crippen molar-refractivity contribution in [3.8, 4) is 0 Å². The zero-order chi connectivity index (χ0) is 18.3. The number of aryl methyl sites for hydroxylation is 1. The van der Waals surface area contributed by atoms with Crippen LogP contribution in [0.25, 0.3) is 5.65 Å². The lowest BCUT2D eigenvalue weighted by atomic mass is 10.2. The zero-order valence-electron chi connectivity index (χ0n) is 14.5. The minimum atomic E-state index is -0.264. The van der Waals surface area contributed by atoms with E-state index in [9.17, 15) is 9.59 Å². The minimum absolute atomic E-state index is 0.0724. The molecule has 0 fully saturated rings. The van der Waals surface area contributed by atoms with Crippen molar-refractivity contribution < 1.29 is 9.59 Å². The molecule has 1 aliphatic heterocycles. The number of anilines is 2. The maximum Gasteiger partial charge on any atom is 0.253 e. The van der Waals surface area contributed by atoms with Crippen molar-refractivity contribution in [2.75, 3.05) is 23.8 Å². The molecule has 1 aliphatic rings. The number of likely N-dealkylation sites (N-methyl/N-ethyl adjacent to an activating group) is 1. The van der Waals surface area contributed by atoms with Crippen molar-refractivity contribution in [1.29, 1.82) is 0 Å². The van der Waals surface area contributed by atoms with Crippen molar-refractivity contribution in [3.63, 3.8) is 0 Å². The maximum absolute atomic E-state index is 12.5. The van der Waals surface area contributed by atoms with Gasteiger partial charge in [-0.2, -0.15) is 0 Å². The fraction of sp³-hybridized carbons (Fsp3) is 0.222. The monoisotopic (exact) mass is 350 g/mol. The second-order valence-corrected chi connectivity index (χ2v) is 6.28. The van der Waals surface area contributed by atoms with Crippen LogP contribution in [-0.2, 0) is 11.3 Å². The quantitative estimate of drug-likeness (QED) is 0.744. The summed E-state index contributed by atoms with van der Waals surface area (Å²) in [4.78, 5) is 34.5. The van der Waals surface area contributed by atoms with Gasteiger partial charge in [0, 0.05) is 25.6 Å². The molecule has 2 N–H and O–H groups in total. The van der Waals surface area contributed by atoms with Gasteiger partial charge in [0.05, 0.1) is 30.0 Å². The molecule has 0 saturated heterocycles. The van der Waals surface area contributed by atoms with Crippen molar-refractivity contribution in [3.05, 3.63) is 53.6 Å². The fourth-order valence-electron chi connectivity index (χ4n) is 2.90. The number of hydrogen-bond donors (Lipinski definition) is 2. The maximum atomic E-state index is 12.5. The van der Waals surface area contributed by atoms with Crippen molar-refractivity contribution in [2.45, 2.75) is 13.5 Å². The Morgan fingerprint density at radius 2 is 2.19 bits per heavy atom. The van der Waals surface area contributed by atoms with Gasteiger partial charge in [-0.05, 0) is 24.6 Å². The number of pyridine rings is 2. The molecule has 4 heterocycles. The highest BCUT2D eigenvalue weighted by Gasteiger charge is 2.22. The molecule has 0 bridgehead atoms. The van der Waals surface area contributed by atoms with E-state index in [2.05, 4.69) is 20.6 Å². The summed E-state index contributed by atoms with van der Waals surface area (Å²) in [5.74, 6) is 0.260. The third-order valence-corrected chi connectivity index (χ3v) is 4.35. The van der Waals surface area contributed by atoms with Gasteiger partial charge in [0.2, 0.25) is 5.91 Å². The van der Waals surface area contributed by atoms with Gasteiger partial charge in [0.1, 0.15) is 11.5 Å². The van der Waals surface area contributed by atoms with Gasteiger partial charge in [0.15, 0.2) is 0 Å². The number of nitrogens with one attached hydrogen (secondary N) is 2. The fourth-order valence-corrected chi connectivity index (χ4v) is 2.90. The highest BCUT2D eigenvalue weighted by atomic mass is 16.2. The Morgan fingerprint density at radius 3 is 3.04 bits per heavy atom. The third-order valence-electron chi connectivity index (χ3n) is 4.35. The topological polar surface area (TPSA) is 91.6 Å². The molecule has 2 amide bonds. The van der Waals surface area contributed by atoms with E-state index in [4.69, 9.17) is 0 Å². The number of aromatic nitrogens is 3. The molecule has 0 radical (unpaired) electrons. The normalized spacial score (nSPS) is 13.5. The number of carbonyl (C=O) groups excluding carboxylic acids is 2.